The molecule has 1 aromatic carbocycles. The van der Waals surface area contributed by atoms with Crippen LogP contribution >= 0.6 is 11.6 Å². The fourth-order valence-corrected chi connectivity index (χ4v) is 1.48. The first-order valence-corrected chi connectivity index (χ1v) is 5.06. The summed E-state index contributed by atoms with van der Waals surface area (Å²) in [4.78, 5) is 0. The second kappa shape index (κ2) is 5.85. The molecule has 1 unspecified atom stereocenters. The van der Waals surface area contributed by atoms with Crippen LogP contribution in [0.5, 0.6) is 0 Å². The maximum atomic E-state index is 13.1. The summed E-state index contributed by atoms with van der Waals surface area (Å²) in [6.07, 6.45) is 3.16. The lowest BCUT2D eigenvalue weighted by molar-refractivity contribution is 0.528. The number of hydrogen-bond donors (Lipinski definition) is 2. The predicted molar refractivity (Wildman–Crippen MR) is 61.0 cm³/mol. The van der Waals surface area contributed by atoms with E-state index in [1.165, 1.54) is 6.07 Å². The number of hydrogen-bond acceptors (Lipinski definition) is 2. The zero-order chi connectivity index (χ0) is 11.3. The van der Waals surface area contributed by atoms with Gasteiger partial charge < -0.3 is 0 Å². The van der Waals surface area contributed by atoms with Gasteiger partial charge >= 0.3 is 0 Å². The van der Waals surface area contributed by atoms with E-state index in [1.807, 2.05) is 0 Å². The minimum Gasteiger partial charge on any atom is -0.271 e. The molecular weight excluding hydrogens is 215 g/mol. The van der Waals surface area contributed by atoms with Gasteiger partial charge in [-0.3, -0.25) is 11.3 Å². The average Bonchev–Trinajstić information content (AvgIpc) is 2.23. The van der Waals surface area contributed by atoms with Gasteiger partial charge in [-0.05, 0) is 30.5 Å². The summed E-state index contributed by atoms with van der Waals surface area (Å²) >= 11 is 5.58. The van der Waals surface area contributed by atoms with Crippen molar-refractivity contribution in [2.24, 2.45) is 5.84 Å². The van der Waals surface area contributed by atoms with Crippen molar-refractivity contribution in [2.45, 2.75) is 18.9 Å². The first kappa shape index (κ1) is 12.2. The number of nitrogens with one attached hydrogen (secondary N) is 1. The van der Waals surface area contributed by atoms with E-state index < -0.39 is 5.82 Å². The lowest BCUT2D eigenvalue weighted by atomic mass is 10.0. The van der Waals surface area contributed by atoms with Crippen molar-refractivity contribution in [3.63, 3.8) is 0 Å². The molecule has 0 spiro atoms. The van der Waals surface area contributed by atoms with Gasteiger partial charge in [-0.15, -0.1) is 6.58 Å². The highest BCUT2D eigenvalue weighted by Gasteiger charge is 2.07. The summed E-state index contributed by atoms with van der Waals surface area (Å²) in [7, 11) is 0. The number of nitrogens with two attached hydrogens (primary N) is 1. The van der Waals surface area contributed by atoms with Gasteiger partial charge in [-0.2, -0.15) is 0 Å². The Morgan fingerprint density at radius 1 is 1.60 bits per heavy atom. The van der Waals surface area contributed by atoms with Gasteiger partial charge in [0, 0.05) is 6.04 Å². The Bertz CT molecular complexity index is 341. The molecule has 0 saturated carbocycles. The van der Waals surface area contributed by atoms with Gasteiger partial charge in [-0.25, -0.2) is 4.39 Å². The molecule has 0 radical (unpaired) electrons. The SMILES string of the molecule is C=CCC(Cc1ccc(Cl)c(F)c1)NN. The van der Waals surface area contributed by atoms with Crippen molar-refractivity contribution in [3.05, 3.63) is 47.3 Å². The molecular formula is C11H14ClFN2. The molecule has 2 nitrogen and oxygen atoms in total. The molecule has 82 valence electrons. The molecule has 0 bridgehead atoms. The maximum absolute atomic E-state index is 13.1. The standard InChI is InChI=1S/C11H14ClFN2/c1-2-3-9(15-14)6-8-4-5-10(12)11(13)7-8/h2,4-5,7,9,15H,1,3,6,14H2. The first-order valence-electron chi connectivity index (χ1n) is 4.68. The maximum Gasteiger partial charge on any atom is 0.142 e. The van der Waals surface area contributed by atoms with Crippen LogP contribution in [-0.2, 0) is 6.42 Å². The highest BCUT2D eigenvalue weighted by atomic mass is 35.5. The molecule has 0 aromatic heterocycles. The minimum atomic E-state index is -0.399. The fraction of sp³-hybridized carbons (Fsp3) is 0.273. The van der Waals surface area contributed by atoms with Crippen molar-refractivity contribution in [3.8, 4) is 0 Å². The lowest BCUT2D eigenvalue weighted by Gasteiger charge is -2.13. The number of benzene rings is 1. The van der Waals surface area contributed by atoms with Gasteiger partial charge in [0.2, 0.25) is 0 Å². The Labute approximate surface area is 93.9 Å². The Morgan fingerprint density at radius 2 is 2.33 bits per heavy atom. The van der Waals surface area contributed by atoms with Crippen LogP contribution in [0.2, 0.25) is 5.02 Å². The highest BCUT2D eigenvalue weighted by molar-refractivity contribution is 6.30. The van der Waals surface area contributed by atoms with Gasteiger partial charge in [0.15, 0.2) is 0 Å². The third-order valence-corrected chi connectivity index (χ3v) is 2.46. The highest BCUT2D eigenvalue weighted by Crippen LogP contribution is 2.16. The molecule has 0 amide bonds. The molecule has 0 aliphatic heterocycles. The van der Waals surface area contributed by atoms with Crippen LogP contribution in [0.3, 0.4) is 0 Å². The van der Waals surface area contributed by atoms with Crippen LogP contribution in [0.15, 0.2) is 30.9 Å². The first-order chi connectivity index (χ1) is 7.17. The summed E-state index contributed by atoms with van der Waals surface area (Å²) in [5.41, 5.74) is 3.52. The predicted octanol–water partition coefficient (Wildman–Crippen LogP) is 2.43. The molecule has 1 atom stereocenters. The molecule has 0 aliphatic rings. The number of hydrazine groups is 1. The van der Waals surface area contributed by atoms with E-state index in [2.05, 4.69) is 12.0 Å². The number of rotatable bonds is 5. The molecule has 1 aromatic rings. The van der Waals surface area contributed by atoms with Crippen LogP contribution in [0, 0.1) is 5.82 Å². The summed E-state index contributed by atoms with van der Waals surface area (Å²) in [6, 6.07) is 4.84. The average molecular weight is 229 g/mol. The van der Waals surface area contributed by atoms with Gasteiger partial charge in [-0.1, -0.05) is 23.7 Å². The topological polar surface area (TPSA) is 38.0 Å². The van der Waals surface area contributed by atoms with Crippen molar-refractivity contribution in [1.82, 2.24) is 5.43 Å². The third-order valence-electron chi connectivity index (χ3n) is 2.15. The minimum absolute atomic E-state index is 0.0723. The third kappa shape index (κ3) is 3.63. The summed E-state index contributed by atoms with van der Waals surface area (Å²) in [5, 5.41) is 0.139. The Kier molecular flexibility index (Phi) is 4.75. The molecule has 0 fully saturated rings. The second-order valence-electron chi connectivity index (χ2n) is 3.34. The quantitative estimate of drug-likeness (QED) is 0.462. The van der Waals surface area contributed by atoms with Crippen LogP contribution in [0.25, 0.3) is 0 Å². The monoisotopic (exact) mass is 228 g/mol. The number of halogens is 2. The fourth-order valence-electron chi connectivity index (χ4n) is 1.36. The normalized spacial score (nSPS) is 12.5. The summed E-state index contributed by atoms with van der Waals surface area (Å²) < 4.78 is 13.1. The van der Waals surface area contributed by atoms with E-state index >= 15 is 0 Å². The summed E-state index contributed by atoms with van der Waals surface area (Å²) in [6.45, 7) is 3.63. The van der Waals surface area contributed by atoms with E-state index in [1.54, 1.807) is 18.2 Å². The van der Waals surface area contributed by atoms with Crippen molar-refractivity contribution >= 4 is 11.6 Å². The van der Waals surface area contributed by atoms with Crippen LogP contribution < -0.4 is 11.3 Å². The zero-order valence-corrected chi connectivity index (χ0v) is 9.10. The van der Waals surface area contributed by atoms with Crippen LogP contribution in [0.1, 0.15) is 12.0 Å². The van der Waals surface area contributed by atoms with Crippen molar-refractivity contribution in [1.29, 1.82) is 0 Å². The molecule has 4 heteroatoms. The molecule has 15 heavy (non-hydrogen) atoms. The molecule has 3 N–H and O–H groups in total. The molecule has 0 saturated heterocycles. The smallest absolute Gasteiger partial charge is 0.142 e. The molecule has 0 aliphatic carbocycles. The van der Waals surface area contributed by atoms with E-state index in [-0.39, 0.29) is 11.1 Å². The van der Waals surface area contributed by atoms with E-state index in [4.69, 9.17) is 17.4 Å². The van der Waals surface area contributed by atoms with Crippen molar-refractivity contribution in [2.75, 3.05) is 0 Å². The van der Waals surface area contributed by atoms with Gasteiger partial charge in [0.05, 0.1) is 5.02 Å². The van der Waals surface area contributed by atoms with Crippen LogP contribution in [-0.4, -0.2) is 6.04 Å². The Hall–Kier alpha value is -0.900. The van der Waals surface area contributed by atoms with E-state index in [0.717, 1.165) is 12.0 Å². The second-order valence-corrected chi connectivity index (χ2v) is 3.75. The Balaban J connectivity index is 2.70. The van der Waals surface area contributed by atoms with Gasteiger partial charge in [0.1, 0.15) is 5.82 Å². The largest absolute Gasteiger partial charge is 0.271 e. The van der Waals surface area contributed by atoms with E-state index in [9.17, 15) is 4.39 Å². The van der Waals surface area contributed by atoms with E-state index in [0.29, 0.717) is 6.42 Å². The molecule has 0 heterocycles. The lowest BCUT2D eigenvalue weighted by Crippen LogP contribution is -2.36. The van der Waals surface area contributed by atoms with Crippen LogP contribution in [0.4, 0.5) is 4.39 Å². The Morgan fingerprint density at radius 3 is 2.87 bits per heavy atom. The van der Waals surface area contributed by atoms with Gasteiger partial charge in [0.25, 0.3) is 0 Å². The molecule has 1 rings (SSSR count). The zero-order valence-electron chi connectivity index (χ0n) is 8.34. The van der Waals surface area contributed by atoms with Crippen molar-refractivity contribution < 1.29 is 4.39 Å². The summed E-state index contributed by atoms with van der Waals surface area (Å²) in [5.74, 6) is 4.96.